The second-order valence-electron chi connectivity index (χ2n) is 5.49. The highest BCUT2D eigenvalue weighted by molar-refractivity contribution is 7.89. The van der Waals surface area contributed by atoms with Gasteiger partial charge in [0.25, 0.3) is 5.69 Å². The molecule has 0 atom stereocenters. The lowest BCUT2D eigenvalue weighted by Gasteiger charge is -2.07. The molecule has 3 N–H and O–H groups in total. The number of nitrogens with zero attached hydrogens (tertiary/aromatic N) is 1. The fourth-order valence-corrected chi connectivity index (χ4v) is 2.79. The Morgan fingerprint density at radius 3 is 2.33 bits per heavy atom. The number of primary sulfonamides is 1. The topological polar surface area (TPSA) is 115 Å². The van der Waals surface area contributed by atoms with E-state index in [1.807, 2.05) is 6.07 Å². The lowest BCUT2D eigenvalue weighted by atomic mass is 10.1. The number of rotatable bonds is 7. The largest absolute Gasteiger partial charge is 0.312 e. The Morgan fingerprint density at radius 2 is 1.75 bits per heavy atom. The first-order valence-corrected chi connectivity index (χ1v) is 8.88. The number of benzene rings is 2. The number of hydrogen-bond donors (Lipinski definition) is 2. The first-order valence-electron chi connectivity index (χ1n) is 7.34. The molecule has 128 valence electrons. The van der Waals surface area contributed by atoms with Crippen LogP contribution in [0.3, 0.4) is 0 Å². The first kappa shape index (κ1) is 18.1. The van der Waals surface area contributed by atoms with E-state index < -0.39 is 10.0 Å². The van der Waals surface area contributed by atoms with Gasteiger partial charge in [0.05, 0.1) is 9.82 Å². The summed E-state index contributed by atoms with van der Waals surface area (Å²) in [5.41, 5.74) is 2.58. The zero-order chi connectivity index (χ0) is 17.7. The summed E-state index contributed by atoms with van der Waals surface area (Å²) >= 11 is 0. The average molecular weight is 349 g/mol. The van der Waals surface area contributed by atoms with Gasteiger partial charge in [0.2, 0.25) is 10.0 Å². The van der Waals surface area contributed by atoms with E-state index in [1.54, 1.807) is 31.2 Å². The summed E-state index contributed by atoms with van der Waals surface area (Å²) in [5.74, 6) is 0. The minimum Gasteiger partial charge on any atom is -0.312 e. The second kappa shape index (κ2) is 7.52. The molecule has 2 aromatic rings. The van der Waals surface area contributed by atoms with E-state index in [1.165, 1.54) is 12.1 Å². The Bertz CT molecular complexity index is 833. The molecule has 0 aliphatic rings. The van der Waals surface area contributed by atoms with Crippen LogP contribution in [0.15, 0.2) is 47.4 Å². The third-order valence-corrected chi connectivity index (χ3v) is 4.57. The van der Waals surface area contributed by atoms with Crippen molar-refractivity contribution in [1.82, 2.24) is 5.32 Å². The van der Waals surface area contributed by atoms with Crippen molar-refractivity contribution in [1.29, 1.82) is 0 Å². The van der Waals surface area contributed by atoms with Gasteiger partial charge in [-0.1, -0.05) is 24.3 Å². The molecular weight excluding hydrogens is 330 g/mol. The molecule has 0 radical (unpaired) electrons. The Labute approximate surface area is 140 Å². The number of aryl methyl sites for hydroxylation is 1. The van der Waals surface area contributed by atoms with Crippen LogP contribution in [0.2, 0.25) is 0 Å². The molecule has 0 spiro atoms. The van der Waals surface area contributed by atoms with E-state index in [0.717, 1.165) is 11.1 Å². The van der Waals surface area contributed by atoms with Crippen molar-refractivity contribution < 1.29 is 13.3 Å². The molecule has 0 saturated carbocycles. The highest BCUT2D eigenvalue weighted by Crippen LogP contribution is 2.19. The van der Waals surface area contributed by atoms with E-state index in [4.69, 9.17) is 5.14 Å². The predicted octanol–water partition coefficient (Wildman–Crippen LogP) is 1.88. The van der Waals surface area contributed by atoms with Crippen molar-refractivity contribution in [3.8, 4) is 0 Å². The van der Waals surface area contributed by atoms with Gasteiger partial charge in [-0.25, -0.2) is 13.6 Å². The molecule has 0 aliphatic heterocycles. The molecule has 8 heteroatoms. The van der Waals surface area contributed by atoms with Gasteiger partial charge < -0.3 is 5.32 Å². The van der Waals surface area contributed by atoms with Gasteiger partial charge in [-0.15, -0.1) is 0 Å². The molecule has 0 unspecified atom stereocenters. The van der Waals surface area contributed by atoms with Gasteiger partial charge in [0, 0.05) is 18.2 Å². The van der Waals surface area contributed by atoms with Gasteiger partial charge in [-0.05, 0) is 43.1 Å². The Kier molecular flexibility index (Phi) is 5.66. The monoisotopic (exact) mass is 349 g/mol. The van der Waals surface area contributed by atoms with Crippen LogP contribution in [0.25, 0.3) is 0 Å². The fourth-order valence-electron chi connectivity index (χ4n) is 2.27. The number of nitro benzene ring substituents is 1. The number of nitrogens with one attached hydrogen (secondary N) is 1. The SMILES string of the molecule is Cc1ccc(CNCCc2ccc(S(N)(=O)=O)cc2)cc1[N+](=O)[O-]. The third-order valence-electron chi connectivity index (χ3n) is 3.64. The van der Waals surface area contributed by atoms with Crippen LogP contribution in [-0.4, -0.2) is 19.9 Å². The maximum Gasteiger partial charge on any atom is 0.272 e. The maximum atomic E-state index is 11.2. The molecular formula is C16H19N3O4S. The molecule has 2 rings (SSSR count). The summed E-state index contributed by atoms with van der Waals surface area (Å²) in [6, 6.07) is 11.6. The van der Waals surface area contributed by atoms with Crippen molar-refractivity contribution in [2.24, 2.45) is 5.14 Å². The number of sulfonamides is 1. The van der Waals surface area contributed by atoms with Gasteiger partial charge in [0.1, 0.15) is 0 Å². The molecule has 0 amide bonds. The van der Waals surface area contributed by atoms with Crippen LogP contribution < -0.4 is 10.5 Å². The standard InChI is InChI=1S/C16H19N3O4S/c1-12-2-3-14(10-16(12)19(20)21)11-18-9-8-13-4-6-15(7-5-13)24(17,22)23/h2-7,10,18H,8-9,11H2,1H3,(H2,17,22,23). The molecule has 2 aromatic carbocycles. The quantitative estimate of drug-likeness (QED) is 0.450. The van der Waals surface area contributed by atoms with Crippen molar-refractivity contribution in [2.45, 2.75) is 24.8 Å². The minimum absolute atomic E-state index is 0.0891. The van der Waals surface area contributed by atoms with Crippen LogP contribution in [0.4, 0.5) is 5.69 Å². The Morgan fingerprint density at radius 1 is 1.12 bits per heavy atom. The third kappa shape index (κ3) is 4.85. The number of nitro groups is 1. The summed E-state index contributed by atoms with van der Waals surface area (Å²) in [5, 5.41) is 19.2. The van der Waals surface area contributed by atoms with Gasteiger partial charge in [0.15, 0.2) is 0 Å². The summed E-state index contributed by atoms with van der Waals surface area (Å²) in [6.45, 7) is 2.90. The molecule has 0 fully saturated rings. The van der Waals surface area contributed by atoms with E-state index in [-0.39, 0.29) is 15.5 Å². The molecule has 0 aliphatic carbocycles. The molecule has 0 aromatic heterocycles. The minimum atomic E-state index is -3.67. The molecule has 0 heterocycles. The van der Waals surface area contributed by atoms with Crippen LogP contribution >= 0.6 is 0 Å². The van der Waals surface area contributed by atoms with Crippen LogP contribution in [0.1, 0.15) is 16.7 Å². The van der Waals surface area contributed by atoms with Crippen LogP contribution in [-0.2, 0) is 23.0 Å². The molecule has 0 bridgehead atoms. The van der Waals surface area contributed by atoms with Gasteiger partial charge in [-0.2, -0.15) is 0 Å². The summed E-state index contributed by atoms with van der Waals surface area (Å²) < 4.78 is 22.4. The summed E-state index contributed by atoms with van der Waals surface area (Å²) in [4.78, 5) is 10.6. The zero-order valence-electron chi connectivity index (χ0n) is 13.2. The fraction of sp³-hybridized carbons (Fsp3) is 0.250. The highest BCUT2D eigenvalue weighted by atomic mass is 32.2. The van der Waals surface area contributed by atoms with Crippen molar-refractivity contribution in [3.63, 3.8) is 0 Å². The molecule has 24 heavy (non-hydrogen) atoms. The summed E-state index contributed by atoms with van der Waals surface area (Å²) in [6.07, 6.45) is 0.707. The molecule has 7 nitrogen and oxygen atoms in total. The lowest BCUT2D eigenvalue weighted by molar-refractivity contribution is -0.385. The van der Waals surface area contributed by atoms with Crippen LogP contribution in [0.5, 0.6) is 0 Å². The van der Waals surface area contributed by atoms with Crippen molar-refractivity contribution >= 4 is 15.7 Å². The van der Waals surface area contributed by atoms with E-state index >= 15 is 0 Å². The van der Waals surface area contributed by atoms with Crippen molar-refractivity contribution in [3.05, 3.63) is 69.3 Å². The normalized spacial score (nSPS) is 11.4. The van der Waals surface area contributed by atoms with Gasteiger partial charge in [-0.3, -0.25) is 10.1 Å². The maximum absolute atomic E-state index is 11.2. The van der Waals surface area contributed by atoms with Crippen LogP contribution in [0, 0.1) is 17.0 Å². The van der Waals surface area contributed by atoms with Gasteiger partial charge >= 0.3 is 0 Å². The summed E-state index contributed by atoms with van der Waals surface area (Å²) in [7, 11) is -3.67. The smallest absolute Gasteiger partial charge is 0.272 e. The van der Waals surface area contributed by atoms with Crippen molar-refractivity contribution in [2.75, 3.05) is 6.54 Å². The zero-order valence-corrected chi connectivity index (χ0v) is 14.0. The Balaban J connectivity index is 1.87. The highest BCUT2D eigenvalue weighted by Gasteiger charge is 2.10. The lowest BCUT2D eigenvalue weighted by Crippen LogP contribution is -2.17. The first-order chi connectivity index (χ1) is 11.3. The predicted molar refractivity (Wildman–Crippen MR) is 91.1 cm³/mol. The number of hydrogen-bond acceptors (Lipinski definition) is 5. The average Bonchev–Trinajstić information content (AvgIpc) is 2.52. The second-order valence-corrected chi connectivity index (χ2v) is 7.06. The number of nitrogens with two attached hydrogens (primary N) is 1. The van der Waals surface area contributed by atoms with E-state index in [2.05, 4.69) is 5.32 Å². The van der Waals surface area contributed by atoms with E-state index in [9.17, 15) is 18.5 Å². The molecule has 0 saturated heterocycles. The Hall–Kier alpha value is -2.29. The van der Waals surface area contributed by atoms with E-state index in [0.29, 0.717) is 25.1 Å².